The lowest BCUT2D eigenvalue weighted by atomic mass is 9.94. The number of amides is 1. The van der Waals surface area contributed by atoms with E-state index in [1.165, 1.54) is 0 Å². The molecule has 7 heteroatoms. The number of hydrazone groups is 1. The van der Waals surface area contributed by atoms with Crippen LogP contribution in [0.4, 0.5) is 0 Å². The fourth-order valence-electron chi connectivity index (χ4n) is 4.00. The third-order valence-corrected chi connectivity index (χ3v) is 5.52. The summed E-state index contributed by atoms with van der Waals surface area (Å²) in [5, 5.41) is 15.4. The van der Waals surface area contributed by atoms with Crippen LogP contribution in [0.1, 0.15) is 17.5 Å². The third-order valence-electron chi connectivity index (χ3n) is 5.52. The number of benzene rings is 1. The Morgan fingerprint density at radius 2 is 2.04 bits per heavy atom. The Morgan fingerprint density at radius 3 is 2.85 bits per heavy atom. The number of nitriles is 1. The van der Waals surface area contributed by atoms with E-state index in [-0.39, 0.29) is 11.8 Å². The molecule has 0 aliphatic carbocycles. The van der Waals surface area contributed by atoms with Crippen LogP contribution in [0.25, 0.3) is 0 Å². The van der Waals surface area contributed by atoms with Crippen molar-refractivity contribution in [3.05, 3.63) is 35.4 Å². The van der Waals surface area contributed by atoms with E-state index in [0.717, 1.165) is 70.2 Å². The molecule has 3 aliphatic heterocycles. The topological polar surface area (TPSA) is 72.2 Å². The van der Waals surface area contributed by atoms with Crippen molar-refractivity contribution in [3.8, 4) is 6.07 Å². The number of carbonyl (C=O) groups is 1. The molecule has 3 heterocycles. The van der Waals surface area contributed by atoms with Gasteiger partial charge >= 0.3 is 0 Å². The van der Waals surface area contributed by atoms with Gasteiger partial charge in [-0.1, -0.05) is 12.1 Å². The third kappa shape index (κ3) is 4.19. The molecular weight excluding hydrogens is 342 g/mol. The number of rotatable bonds is 5. The molecule has 7 nitrogen and oxygen atoms in total. The summed E-state index contributed by atoms with van der Waals surface area (Å²) >= 11 is 0. The molecule has 4 rings (SSSR count). The van der Waals surface area contributed by atoms with Crippen LogP contribution in [-0.4, -0.2) is 78.9 Å². The molecule has 1 atom stereocenters. The van der Waals surface area contributed by atoms with Gasteiger partial charge < -0.3 is 4.74 Å². The number of ether oxygens (including phenoxy) is 1. The van der Waals surface area contributed by atoms with Gasteiger partial charge in [0.25, 0.3) is 5.91 Å². The Kier molecular flexibility index (Phi) is 5.48. The number of hydrogen-bond acceptors (Lipinski definition) is 6. The second kappa shape index (κ2) is 8.17. The zero-order valence-corrected chi connectivity index (χ0v) is 15.5. The summed E-state index contributed by atoms with van der Waals surface area (Å²) in [7, 11) is 0. The predicted molar refractivity (Wildman–Crippen MR) is 101 cm³/mol. The van der Waals surface area contributed by atoms with Gasteiger partial charge in [0.2, 0.25) is 0 Å². The molecule has 142 valence electrons. The minimum atomic E-state index is -0.0450. The lowest BCUT2D eigenvalue weighted by molar-refractivity contribution is -0.132. The first-order chi connectivity index (χ1) is 13.2. The Balaban J connectivity index is 1.34. The van der Waals surface area contributed by atoms with Gasteiger partial charge in [-0.25, -0.2) is 5.01 Å². The van der Waals surface area contributed by atoms with Crippen LogP contribution in [0.15, 0.2) is 29.4 Å². The number of fused-ring (bicyclic) bond motifs is 1. The van der Waals surface area contributed by atoms with E-state index in [0.29, 0.717) is 12.1 Å². The molecule has 2 fully saturated rings. The number of carbonyl (C=O) groups excluding carboxylic acids is 1. The molecule has 1 aromatic carbocycles. The first-order valence-corrected chi connectivity index (χ1v) is 9.63. The Morgan fingerprint density at radius 1 is 1.19 bits per heavy atom. The van der Waals surface area contributed by atoms with Gasteiger partial charge in [0.05, 0.1) is 43.0 Å². The van der Waals surface area contributed by atoms with Gasteiger partial charge in [0.1, 0.15) is 0 Å². The van der Waals surface area contributed by atoms with Crippen LogP contribution >= 0.6 is 0 Å². The second-order valence-corrected chi connectivity index (χ2v) is 7.37. The van der Waals surface area contributed by atoms with Crippen molar-refractivity contribution >= 4 is 11.6 Å². The normalized spacial score (nSPS) is 23.8. The maximum Gasteiger partial charge on any atom is 0.251 e. The molecule has 2 saturated heterocycles. The van der Waals surface area contributed by atoms with Gasteiger partial charge in [0, 0.05) is 39.3 Å². The van der Waals surface area contributed by atoms with Gasteiger partial charge in [-0.2, -0.15) is 10.4 Å². The van der Waals surface area contributed by atoms with Gasteiger partial charge in [-0.3, -0.25) is 14.6 Å². The lowest BCUT2D eigenvalue weighted by Gasteiger charge is -2.29. The highest BCUT2D eigenvalue weighted by Crippen LogP contribution is 2.25. The lowest BCUT2D eigenvalue weighted by Crippen LogP contribution is -2.43. The van der Waals surface area contributed by atoms with Crippen LogP contribution in [-0.2, 0) is 16.1 Å². The van der Waals surface area contributed by atoms with Gasteiger partial charge in [-0.05, 0) is 24.1 Å². The van der Waals surface area contributed by atoms with Crippen LogP contribution in [0.2, 0.25) is 0 Å². The summed E-state index contributed by atoms with van der Waals surface area (Å²) in [4.78, 5) is 17.3. The number of nitrogens with zero attached hydrogens (tertiary/aromatic N) is 5. The van der Waals surface area contributed by atoms with Crippen molar-refractivity contribution in [2.75, 3.05) is 52.5 Å². The van der Waals surface area contributed by atoms with Gasteiger partial charge in [0.15, 0.2) is 0 Å². The standard InChI is InChI=1S/C20H25N5O2/c21-13-16-2-1-3-17(12-16)14-24-5-4-18-19(15-24)22-25(20(18)26)7-6-23-8-10-27-11-9-23/h1-3,12,18H,4-11,14-15H2. The molecule has 27 heavy (non-hydrogen) atoms. The van der Waals surface area contributed by atoms with E-state index in [4.69, 9.17) is 10.00 Å². The van der Waals surface area contributed by atoms with E-state index in [9.17, 15) is 4.79 Å². The molecule has 1 aromatic rings. The highest BCUT2D eigenvalue weighted by molar-refractivity contribution is 6.09. The van der Waals surface area contributed by atoms with E-state index >= 15 is 0 Å². The minimum absolute atomic E-state index is 0.0450. The van der Waals surface area contributed by atoms with E-state index in [1.807, 2.05) is 24.3 Å². The quantitative estimate of drug-likeness (QED) is 0.774. The van der Waals surface area contributed by atoms with E-state index in [1.54, 1.807) is 5.01 Å². The maximum absolute atomic E-state index is 12.7. The molecule has 1 unspecified atom stereocenters. The summed E-state index contributed by atoms with van der Waals surface area (Å²) in [5.41, 5.74) is 2.80. The van der Waals surface area contributed by atoms with Gasteiger partial charge in [-0.15, -0.1) is 0 Å². The largest absolute Gasteiger partial charge is 0.379 e. The predicted octanol–water partition coefficient (Wildman–Crippen LogP) is 0.911. The minimum Gasteiger partial charge on any atom is -0.379 e. The van der Waals surface area contributed by atoms with Crippen LogP contribution in [0.3, 0.4) is 0 Å². The summed E-state index contributed by atoms with van der Waals surface area (Å²) in [6.45, 7) is 7.29. The first-order valence-electron chi connectivity index (χ1n) is 9.63. The van der Waals surface area contributed by atoms with Crippen molar-refractivity contribution in [3.63, 3.8) is 0 Å². The van der Waals surface area contributed by atoms with Crippen molar-refractivity contribution in [2.45, 2.75) is 13.0 Å². The highest BCUT2D eigenvalue weighted by atomic mass is 16.5. The zero-order valence-electron chi connectivity index (χ0n) is 15.5. The average Bonchev–Trinajstić information content (AvgIpc) is 3.02. The van der Waals surface area contributed by atoms with Crippen molar-refractivity contribution in [2.24, 2.45) is 11.0 Å². The number of morpholine rings is 1. The molecule has 3 aliphatic rings. The number of hydrogen-bond donors (Lipinski definition) is 0. The molecule has 0 bridgehead atoms. The first kappa shape index (κ1) is 18.1. The number of piperidine rings is 1. The van der Waals surface area contributed by atoms with Crippen molar-refractivity contribution in [1.82, 2.24) is 14.8 Å². The van der Waals surface area contributed by atoms with Crippen LogP contribution in [0, 0.1) is 17.2 Å². The molecule has 1 amide bonds. The smallest absolute Gasteiger partial charge is 0.251 e. The maximum atomic E-state index is 12.7. The van der Waals surface area contributed by atoms with E-state index in [2.05, 4.69) is 21.0 Å². The molecular formula is C20H25N5O2. The van der Waals surface area contributed by atoms with Crippen molar-refractivity contribution < 1.29 is 9.53 Å². The second-order valence-electron chi connectivity index (χ2n) is 7.37. The summed E-state index contributed by atoms with van der Waals surface area (Å²) < 4.78 is 5.37. The molecule has 0 N–H and O–H groups in total. The SMILES string of the molecule is N#Cc1cccc(CN2CCC3C(=O)N(CCN4CCOCC4)N=C3C2)c1. The number of likely N-dealkylation sites (tertiary alicyclic amines) is 1. The Hall–Kier alpha value is -2.27. The fourth-order valence-corrected chi connectivity index (χ4v) is 4.00. The molecule has 0 radical (unpaired) electrons. The Bertz CT molecular complexity index is 766. The van der Waals surface area contributed by atoms with Crippen molar-refractivity contribution in [1.29, 1.82) is 5.26 Å². The summed E-state index contributed by atoms with van der Waals surface area (Å²) in [6.07, 6.45) is 0.823. The molecule has 0 aromatic heterocycles. The molecule has 0 saturated carbocycles. The summed E-state index contributed by atoms with van der Waals surface area (Å²) in [6, 6.07) is 9.91. The van der Waals surface area contributed by atoms with Crippen LogP contribution in [0.5, 0.6) is 0 Å². The highest BCUT2D eigenvalue weighted by Gasteiger charge is 2.39. The Labute approximate surface area is 159 Å². The monoisotopic (exact) mass is 367 g/mol. The molecule has 0 spiro atoms. The van der Waals surface area contributed by atoms with Crippen LogP contribution < -0.4 is 0 Å². The average molecular weight is 367 g/mol. The fraction of sp³-hybridized carbons (Fsp3) is 0.550. The van der Waals surface area contributed by atoms with E-state index < -0.39 is 0 Å². The summed E-state index contributed by atoms with van der Waals surface area (Å²) in [5.74, 6) is 0.112. The zero-order chi connectivity index (χ0) is 18.6.